The highest BCUT2D eigenvalue weighted by Crippen LogP contribution is 2.31. The molecule has 8 nitrogen and oxygen atoms in total. The number of ether oxygens (including phenoxy) is 1. The van der Waals surface area contributed by atoms with E-state index in [1.165, 1.54) is 16.7 Å². The lowest BCUT2D eigenvalue weighted by atomic mass is 10.1. The molecule has 0 fully saturated rings. The molecule has 2 aromatic heterocycles. The van der Waals surface area contributed by atoms with Crippen molar-refractivity contribution in [2.24, 2.45) is 0 Å². The molecule has 6 rings (SSSR count). The molecule has 0 saturated heterocycles. The number of aliphatic carboxylic acids is 1. The van der Waals surface area contributed by atoms with Gasteiger partial charge in [-0.2, -0.15) is 0 Å². The fourth-order valence-electron chi connectivity index (χ4n) is 5.21. The molecule has 0 unspecified atom stereocenters. The quantitative estimate of drug-likeness (QED) is 0.199. The Morgan fingerprint density at radius 1 is 0.800 bits per heavy atom. The van der Waals surface area contributed by atoms with Crippen LogP contribution in [-0.4, -0.2) is 44.2 Å². The third kappa shape index (κ3) is 6.29. The minimum absolute atomic E-state index is 0.0356. The van der Waals surface area contributed by atoms with Crippen molar-refractivity contribution in [3.05, 3.63) is 129 Å². The number of aryl methyl sites for hydroxylation is 1. The summed E-state index contributed by atoms with van der Waals surface area (Å²) < 4.78 is 8.31. The number of phenols is 1. The first-order chi connectivity index (χ1) is 21.5. The van der Waals surface area contributed by atoms with Gasteiger partial charge in [0.2, 0.25) is 0 Å². The standard InChI is InChI=1S/C18H15NO4.C17H12Cl2NO2/c1-11-14(10-17(21)22)15-9-13(20)7-8-16(15)19(11)18(23)12-5-3-2-4-6-12;1-10-7-12-8-13(22-2)4-6-16(12)20(10)17(21)11-3-5-14(18)15(19)9-11/h2-9,20H,10H2,1H3,(H,21,22);3-6,8-9H,1-2H3. The number of rotatable bonds is 5. The number of carbonyl (C=O) groups is 3. The Morgan fingerprint density at radius 2 is 1.49 bits per heavy atom. The molecule has 0 saturated carbocycles. The summed E-state index contributed by atoms with van der Waals surface area (Å²) in [6.45, 7) is 3.55. The number of halogens is 2. The van der Waals surface area contributed by atoms with Gasteiger partial charge in [-0.15, -0.1) is 0 Å². The molecule has 6 aromatic rings. The second-order valence-electron chi connectivity index (χ2n) is 10.2. The summed E-state index contributed by atoms with van der Waals surface area (Å²) in [6.07, 6.45) is -0.207. The monoisotopic (exact) mass is 641 g/mol. The highest BCUT2D eigenvalue weighted by atomic mass is 35.5. The van der Waals surface area contributed by atoms with Crippen molar-refractivity contribution in [1.82, 2.24) is 9.13 Å². The lowest BCUT2D eigenvalue weighted by Gasteiger charge is -2.08. The van der Waals surface area contributed by atoms with E-state index in [0.29, 0.717) is 43.3 Å². The summed E-state index contributed by atoms with van der Waals surface area (Å²) >= 11 is 11.9. The molecular weight excluding hydrogens is 615 g/mol. The third-order valence-corrected chi connectivity index (χ3v) is 8.07. The normalized spacial score (nSPS) is 10.9. The number of nitrogens with zero attached hydrogens (tertiary/aromatic N) is 2. The summed E-state index contributed by atoms with van der Waals surface area (Å²) in [5, 5.41) is 21.0. The number of aromatic hydroxyl groups is 1. The average molecular weight is 643 g/mol. The topological polar surface area (TPSA) is 111 Å². The number of aromatic nitrogens is 2. The molecule has 45 heavy (non-hydrogen) atoms. The second kappa shape index (κ2) is 12.9. The summed E-state index contributed by atoms with van der Waals surface area (Å²) in [6, 6.07) is 26.9. The van der Waals surface area contributed by atoms with Gasteiger partial charge in [-0.05, 0) is 86.1 Å². The van der Waals surface area contributed by atoms with Gasteiger partial charge < -0.3 is 14.9 Å². The minimum Gasteiger partial charge on any atom is -0.508 e. The Morgan fingerprint density at radius 3 is 2.16 bits per heavy atom. The number of carboxylic acid groups (broad SMARTS) is 1. The van der Waals surface area contributed by atoms with E-state index < -0.39 is 5.97 Å². The minimum atomic E-state index is -0.984. The van der Waals surface area contributed by atoms with Crippen molar-refractivity contribution in [2.75, 3.05) is 7.11 Å². The molecule has 227 valence electrons. The van der Waals surface area contributed by atoms with Crippen molar-refractivity contribution < 1.29 is 29.3 Å². The SMILES string of the molecule is COc1ccc2c([c]c(C)n2C(=O)c2ccc(Cl)c(Cl)c2)c1.Cc1c(CC(=O)O)c2cc(O)ccc2n1C(=O)c1ccccc1. The average Bonchev–Trinajstić information content (AvgIpc) is 3.49. The molecule has 4 aromatic carbocycles. The number of fused-ring (bicyclic) bond motifs is 2. The molecule has 2 heterocycles. The van der Waals surface area contributed by atoms with Crippen molar-refractivity contribution in [1.29, 1.82) is 0 Å². The summed E-state index contributed by atoms with van der Waals surface area (Å²) in [5.41, 5.74) is 4.18. The van der Waals surface area contributed by atoms with E-state index in [9.17, 15) is 19.5 Å². The Bertz CT molecular complexity index is 2100. The highest BCUT2D eigenvalue weighted by molar-refractivity contribution is 6.42. The summed E-state index contributed by atoms with van der Waals surface area (Å²) in [5.74, 6) is -0.623. The first-order valence-electron chi connectivity index (χ1n) is 13.7. The summed E-state index contributed by atoms with van der Waals surface area (Å²) in [4.78, 5) is 36.7. The van der Waals surface area contributed by atoms with Gasteiger partial charge in [0.25, 0.3) is 11.8 Å². The van der Waals surface area contributed by atoms with Gasteiger partial charge in [-0.25, -0.2) is 0 Å². The Hall–Kier alpha value is -5.05. The molecule has 0 aliphatic heterocycles. The predicted octanol–water partition coefficient (Wildman–Crippen LogP) is 7.72. The van der Waals surface area contributed by atoms with Crippen LogP contribution < -0.4 is 4.74 Å². The lowest BCUT2D eigenvalue weighted by Crippen LogP contribution is -2.14. The van der Waals surface area contributed by atoms with E-state index in [4.69, 9.17) is 33.0 Å². The zero-order chi connectivity index (χ0) is 32.4. The largest absolute Gasteiger partial charge is 0.508 e. The zero-order valence-corrected chi connectivity index (χ0v) is 26.0. The smallest absolute Gasteiger partial charge is 0.307 e. The third-order valence-electron chi connectivity index (χ3n) is 7.34. The fourth-order valence-corrected chi connectivity index (χ4v) is 5.50. The molecule has 0 spiro atoms. The van der Waals surface area contributed by atoms with Crippen LogP contribution in [0.2, 0.25) is 10.0 Å². The molecule has 0 bridgehead atoms. The van der Waals surface area contributed by atoms with Gasteiger partial charge in [-0.3, -0.25) is 23.5 Å². The van der Waals surface area contributed by atoms with Gasteiger partial charge in [0.15, 0.2) is 0 Å². The van der Waals surface area contributed by atoms with Crippen molar-refractivity contribution in [2.45, 2.75) is 20.3 Å². The van der Waals surface area contributed by atoms with Crippen LogP contribution in [0.5, 0.6) is 11.5 Å². The second-order valence-corrected chi connectivity index (χ2v) is 11.0. The van der Waals surface area contributed by atoms with Gasteiger partial charge in [0.05, 0.1) is 34.6 Å². The molecule has 2 N–H and O–H groups in total. The van der Waals surface area contributed by atoms with Crippen LogP contribution in [0.1, 0.15) is 37.7 Å². The molecule has 0 atom stereocenters. The maximum absolute atomic E-state index is 12.8. The van der Waals surface area contributed by atoms with Crippen LogP contribution in [0.25, 0.3) is 21.8 Å². The maximum atomic E-state index is 12.8. The predicted molar refractivity (Wildman–Crippen MR) is 174 cm³/mol. The first-order valence-corrected chi connectivity index (χ1v) is 14.5. The fraction of sp³-hybridized carbons (Fsp3) is 0.114. The number of methoxy groups -OCH3 is 1. The van der Waals surface area contributed by atoms with Crippen LogP contribution >= 0.6 is 23.2 Å². The Labute approximate surface area is 268 Å². The van der Waals surface area contributed by atoms with Crippen molar-refractivity contribution in [3.63, 3.8) is 0 Å². The van der Waals surface area contributed by atoms with E-state index in [1.807, 2.05) is 31.2 Å². The van der Waals surface area contributed by atoms with Gasteiger partial charge in [0, 0.05) is 39.4 Å². The summed E-state index contributed by atoms with van der Waals surface area (Å²) in [7, 11) is 1.60. The lowest BCUT2D eigenvalue weighted by molar-refractivity contribution is -0.136. The maximum Gasteiger partial charge on any atom is 0.307 e. The number of phenolic OH excluding ortho intramolecular Hbond substituents is 1. The number of hydrogen-bond acceptors (Lipinski definition) is 5. The van der Waals surface area contributed by atoms with E-state index in [0.717, 1.165) is 22.3 Å². The molecule has 10 heteroatoms. The van der Waals surface area contributed by atoms with E-state index >= 15 is 0 Å². The van der Waals surface area contributed by atoms with E-state index in [1.54, 1.807) is 67.1 Å². The van der Waals surface area contributed by atoms with Crippen molar-refractivity contribution in [3.8, 4) is 11.5 Å². The van der Waals surface area contributed by atoms with Crippen LogP contribution in [0, 0.1) is 19.9 Å². The van der Waals surface area contributed by atoms with Gasteiger partial charge in [0.1, 0.15) is 11.5 Å². The molecule has 1 radical (unpaired) electrons. The Balaban J connectivity index is 0.000000178. The zero-order valence-electron chi connectivity index (χ0n) is 24.5. The number of benzene rings is 4. The number of carboxylic acids is 1. The van der Waals surface area contributed by atoms with Crippen LogP contribution in [0.4, 0.5) is 0 Å². The van der Waals surface area contributed by atoms with Crippen LogP contribution in [0.3, 0.4) is 0 Å². The van der Waals surface area contributed by atoms with Crippen LogP contribution in [-0.2, 0) is 11.2 Å². The molecule has 0 aliphatic carbocycles. The molecular formula is C35H27Cl2N2O6. The Kier molecular flexibility index (Phi) is 8.99. The van der Waals surface area contributed by atoms with Crippen LogP contribution in [0.15, 0.2) is 84.9 Å². The first kappa shape index (κ1) is 31.4. The highest BCUT2D eigenvalue weighted by Gasteiger charge is 2.21. The molecule has 0 amide bonds. The van der Waals surface area contributed by atoms with E-state index in [-0.39, 0.29) is 24.0 Å². The number of carbonyl (C=O) groups excluding carboxylic acids is 2. The number of hydrogen-bond donors (Lipinski definition) is 2. The van der Waals surface area contributed by atoms with Crippen molar-refractivity contribution >= 4 is 62.8 Å². The van der Waals surface area contributed by atoms with Gasteiger partial charge in [-0.1, -0.05) is 41.4 Å². The van der Waals surface area contributed by atoms with E-state index in [2.05, 4.69) is 6.07 Å². The molecule has 0 aliphatic rings. The van der Waals surface area contributed by atoms with Gasteiger partial charge >= 0.3 is 5.97 Å².